The van der Waals surface area contributed by atoms with Crippen LogP contribution < -0.4 is 14.4 Å². The molecule has 0 unspecified atom stereocenters. The summed E-state index contributed by atoms with van der Waals surface area (Å²) in [6.07, 6.45) is 2.64. The molecule has 8 nitrogen and oxygen atoms in total. The van der Waals surface area contributed by atoms with E-state index in [4.69, 9.17) is 4.74 Å². The average Bonchev–Trinajstić information content (AvgIpc) is 2.98. The van der Waals surface area contributed by atoms with Crippen molar-refractivity contribution in [1.82, 2.24) is 10.2 Å². The number of rotatable bonds is 14. The highest BCUT2D eigenvalue weighted by molar-refractivity contribution is 9.10. The lowest BCUT2D eigenvalue weighted by Crippen LogP contribution is -2.52. The molecule has 0 spiro atoms. The van der Waals surface area contributed by atoms with Crippen LogP contribution in [0.15, 0.2) is 87.1 Å². The minimum absolute atomic E-state index is 0.0421. The summed E-state index contributed by atoms with van der Waals surface area (Å²) in [4.78, 5) is 29.7. The van der Waals surface area contributed by atoms with Gasteiger partial charge in [0.25, 0.3) is 10.0 Å². The zero-order chi connectivity index (χ0) is 30.9. The van der Waals surface area contributed by atoms with Crippen LogP contribution in [-0.2, 0) is 26.2 Å². The Labute approximate surface area is 262 Å². The molecule has 2 atom stereocenters. The van der Waals surface area contributed by atoms with E-state index < -0.39 is 28.5 Å². The molecule has 3 rings (SSSR count). The van der Waals surface area contributed by atoms with E-state index in [0.29, 0.717) is 12.4 Å². The van der Waals surface area contributed by atoms with Crippen LogP contribution >= 0.6 is 27.7 Å². The number of carbonyl (C=O) groups is 2. The van der Waals surface area contributed by atoms with E-state index in [2.05, 4.69) is 21.2 Å². The van der Waals surface area contributed by atoms with Gasteiger partial charge in [-0.1, -0.05) is 47.1 Å². The summed E-state index contributed by atoms with van der Waals surface area (Å²) in [7, 11) is -4.21. The van der Waals surface area contributed by atoms with Gasteiger partial charge >= 0.3 is 0 Å². The van der Waals surface area contributed by atoms with E-state index in [-0.39, 0.29) is 29.1 Å². The molecular weight excluding hydrogens is 638 g/mol. The number of benzene rings is 3. The van der Waals surface area contributed by atoms with Crippen LogP contribution in [0.4, 0.5) is 5.69 Å². The zero-order valence-electron chi connectivity index (χ0n) is 24.5. The third kappa shape index (κ3) is 8.52. The Morgan fingerprint density at radius 2 is 1.69 bits per heavy atom. The summed E-state index contributed by atoms with van der Waals surface area (Å²) in [5.74, 6) is -0.514. The van der Waals surface area contributed by atoms with Gasteiger partial charge < -0.3 is 15.0 Å². The summed E-state index contributed by atoms with van der Waals surface area (Å²) >= 11 is 4.97. The Kier molecular flexibility index (Phi) is 12.3. The fourth-order valence-corrected chi connectivity index (χ4v) is 6.49. The SMILES string of the molecule is CCOc1ccccc1N(CC(=O)N(Cc1cccc(Br)c1)[C@@H](C)C(=O)N[C@@H](C)CC)S(=O)(=O)c1ccc(SC)cc1. The third-order valence-electron chi connectivity index (χ3n) is 6.77. The maximum Gasteiger partial charge on any atom is 0.264 e. The topological polar surface area (TPSA) is 96.0 Å². The molecular formula is C31H38BrN3O5S2. The van der Waals surface area contributed by atoms with Crippen molar-refractivity contribution >= 4 is 55.2 Å². The van der Waals surface area contributed by atoms with Gasteiger partial charge in [-0.25, -0.2) is 8.42 Å². The second kappa shape index (κ2) is 15.5. The van der Waals surface area contributed by atoms with Crippen LogP contribution in [0.3, 0.4) is 0 Å². The third-order valence-corrected chi connectivity index (χ3v) is 9.78. The molecule has 0 saturated carbocycles. The number of thioether (sulfide) groups is 1. The molecule has 1 N–H and O–H groups in total. The predicted molar refractivity (Wildman–Crippen MR) is 172 cm³/mol. The highest BCUT2D eigenvalue weighted by Crippen LogP contribution is 2.33. The van der Waals surface area contributed by atoms with Gasteiger partial charge in [-0.2, -0.15) is 0 Å². The molecule has 0 bridgehead atoms. The van der Waals surface area contributed by atoms with Gasteiger partial charge in [0.15, 0.2) is 0 Å². The second-order valence-electron chi connectivity index (χ2n) is 9.73. The minimum atomic E-state index is -4.21. The average molecular weight is 677 g/mol. The van der Waals surface area contributed by atoms with Gasteiger partial charge in [0, 0.05) is 22.0 Å². The number of nitrogens with zero attached hydrogens (tertiary/aromatic N) is 2. The van der Waals surface area contributed by atoms with Crippen LogP contribution in [0.25, 0.3) is 0 Å². The van der Waals surface area contributed by atoms with E-state index in [1.807, 2.05) is 44.4 Å². The predicted octanol–water partition coefficient (Wildman–Crippen LogP) is 6.10. The summed E-state index contributed by atoms with van der Waals surface area (Å²) in [5.41, 5.74) is 1.03. The lowest BCUT2D eigenvalue weighted by molar-refractivity contribution is -0.139. The first kappa shape index (κ1) is 33.5. The molecule has 3 aromatic carbocycles. The van der Waals surface area contributed by atoms with Crippen LogP contribution in [0.2, 0.25) is 0 Å². The van der Waals surface area contributed by atoms with Gasteiger partial charge in [-0.05, 0) is 87.5 Å². The quantitative estimate of drug-likeness (QED) is 0.208. The van der Waals surface area contributed by atoms with Crippen molar-refractivity contribution in [2.45, 2.75) is 62.5 Å². The standard InChI is InChI=1S/C31H38BrN3O5S2/c1-6-22(3)33-31(37)23(4)34(20-24-11-10-12-25(32)19-24)30(36)21-35(28-13-8-9-14-29(28)40-7-2)42(38,39)27-17-15-26(41-5)16-18-27/h8-19,22-23H,6-7,20-21H2,1-5H3,(H,33,37)/t22-,23-/m0/s1. The highest BCUT2D eigenvalue weighted by atomic mass is 79.9. The first-order chi connectivity index (χ1) is 20.0. The van der Waals surface area contributed by atoms with E-state index in [1.165, 1.54) is 28.8 Å². The van der Waals surface area contributed by atoms with Crippen LogP contribution in [0.1, 0.15) is 39.7 Å². The molecule has 0 fully saturated rings. The van der Waals surface area contributed by atoms with E-state index in [0.717, 1.165) is 25.7 Å². The van der Waals surface area contributed by atoms with Crippen molar-refractivity contribution in [1.29, 1.82) is 0 Å². The number of nitrogens with one attached hydrogen (secondary N) is 1. The van der Waals surface area contributed by atoms with Crippen molar-refractivity contribution in [2.24, 2.45) is 0 Å². The largest absolute Gasteiger partial charge is 0.492 e. The first-order valence-corrected chi connectivity index (χ1v) is 17.2. The summed E-state index contributed by atoms with van der Waals surface area (Å²) in [6, 6.07) is 19.7. The van der Waals surface area contributed by atoms with Crippen molar-refractivity contribution < 1.29 is 22.7 Å². The number of sulfonamides is 1. The molecule has 0 heterocycles. The Hall–Kier alpha value is -3.02. The molecule has 42 heavy (non-hydrogen) atoms. The van der Waals surface area contributed by atoms with E-state index >= 15 is 0 Å². The number of hydrogen-bond acceptors (Lipinski definition) is 6. The Balaban J connectivity index is 2.08. The highest BCUT2D eigenvalue weighted by Gasteiger charge is 2.34. The van der Waals surface area contributed by atoms with E-state index in [9.17, 15) is 18.0 Å². The van der Waals surface area contributed by atoms with E-state index in [1.54, 1.807) is 50.2 Å². The molecule has 0 saturated heterocycles. The minimum Gasteiger partial charge on any atom is -0.492 e. The van der Waals surface area contributed by atoms with Gasteiger partial charge in [-0.15, -0.1) is 11.8 Å². The summed E-state index contributed by atoms with van der Waals surface area (Å²) in [5, 5.41) is 2.94. The number of ether oxygens (including phenoxy) is 1. The molecule has 11 heteroatoms. The molecule has 0 aliphatic carbocycles. The maximum atomic E-state index is 14.1. The van der Waals surface area contributed by atoms with Crippen LogP contribution in [0, 0.1) is 0 Å². The molecule has 0 radical (unpaired) electrons. The number of hydrogen-bond donors (Lipinski definition) is 1. The normalized spacial score (nSPS) is 12.7. The molecule has 0 aliphatic heterocycles. The van der Waals surface area contributed by atoms with Crippen molar-refractivity contribution in [3.05, 3.63) is 82.8 Å². The van der Waals surface area contributed by atoms with Crippen LogP contribution in [0.5, 0.6) is 5.75 Å². The summed E-state index contributed by atoms with van der Waals surface area (Å²) in [6.45, 7) is 7.20. The fraction of sp³-hybridized carbons (Fsp3) is 0.355. The van der Waals surface area contributed by atoms with Crippen LogP contribution in [-0.4, -0.2) is 56.6 Å². The van der Waals surface area contributed by atoms with Crippen molar-refractivity contribution in [3.8, 4) is 5.75 Å². The summed E-state index contributed by atoms with van der Waals surface area (Å²) < 4.78 is 36.0. The molecule has 226 valence electrons. The van der Waals surface area contributed by atoms with Gasteiger partial charge in [0.2, 0.25) is 11.8 Å². The number of para-hydroxylation sites is 2. The lowest BCUT2D eigenvalue weighted by atomic mass is 10.1. The smallest absolute Gasteiger partial charge is 0.264 e. The molecule has 0 aliphatic rings. The van der Waals surface area contributed by atoms with Gasteiger partial charge in [0.1, 0.15) is 18.3 Å². The maximum absolute atomic E-state index is 14.1. The van der Waals surface area contributed by atoms with Gasteiger partial charge in [0.05, 0.1) is 17.2 Å². The Bertz CT molecular complexity index is 1470. The fourth-order valence-electron chi connectivity index (χ4n) is 4.21. The Morgan fingerprint density at radius 1 is 1.00 bits per heavy atom. The molecule has 2 amide bonds. The monoisotopic (exact) mass is 675 g/mol. The Morgan fingerprint density at radius 3 is 2.31 bits per heavy atom. The number of anilines is 1. The number of carbonyl (C=O) groups excluding carboxylic acids is 2. The van der Waals surface area contributed by atoms with Gasteiger partial charge in [-0.3, -0.25) is 13.9 Å². The van der Waals surface area contributed by atoms with Crippen molar-refractivity contribution in [2.75, 3.05) is 23.7 Å². The second-order valence-corrected chi connectivity index (χ2v) is 13.4. The first-order valence-electron chi connectivity index (χ1n) is 13.7. The number of amides is 2. The zero-order valence-corrected chi connectivity index (χ0v) is 27.8. The molecule has 0 aromatic heterocycles. The molecule has 3 aromatic rings. The number of halogens is 1. The lowest BCUT2D eigenvalue weighted by Gasteiger charge is -2.33. The van der Waals surface area contributed by atoms with Crippen molar-refractivity contribution in [3.63, 3.8) is 0 Å².